The second kappa shape index (κ2) is 5.49. The molecule has 2 N–H and O–H groups in total. The first-order chi connectivity index (χ1) is 8.76. The molecule has 2 aromatic rings. The summed E-state index contributed by atoms with van der Waals surface area (Å²) in [5, 5.41) is 6.76. The van der Waals surface area contributed by atoms with Crippen molar-refractivity contribution in [3.63, 3.8) is 0 Å². The zero-order valence-electron chi connectivity index (χ0n) is 10.7. The fourth-order valence-corrected chi connectivity index (χ4v) is 1.83. The van der Waals surface area contributed by atoms with Crippen molar-refractivity contribution in [3.8, 4) is 0 Å². The van der Waals surface area contributed by atoms with Crippen molar-refractivity contribution in [2.24, 2.45) is 0 Å². The van der Waals surface area contributed by atoms with E-state index in [1.54, 1.807) is 13.1 Å². The minimum absolute atomic E-state index is 0.0491. The summed E-state index contributed by atoms with van der Waals surface area (Å²) in [5.41, 5.74) is 1.49. The van der Waals surface area contributed by atoms with Crippen LogP contribution in [0.2, 0.25) is 0 Å². The minimum Gasteiger partial charge on any atom is -0.373 e. The third kappa shape index (κ3) is 2.42. The molecule has 0 aliphatic heterocycles. The largest absolute Gasteiger partial charge is 0.373 e. The fraction of sp³-hybridized carbons (Fsp3) is 0.286. The number of anilines is 1. The number of benzene rings is 1. The first-order valence-electron chi connectivity index (χ1n) is 6.12. The van der Waals surface area contributed by atoms with Gasteiger partial charge in [-0.3, -0.25) is 4.79 Å². The zero-order valence-corrected chi connectivity index (χ0v) is 10.7. The number of carbonyl (C=O) groups excluding carboxylic acids is 1. The normalized spacial score (nSPS) is 10.3. The number of hydrogen-bond donors (Lipinski definition) is 2. The van der Waals surface area contributed by atoms with E-state index < -0.39 is 0 Å². The van der Waals surface area contributed by atoms with Gasteiger partial charge < -0.3 is 10.6 Å². The maximum absolute atomic E-state index is 12.1. The minimum atomic E-state index is -0.0491. The number of nitrogens with one attached hydrogen (secondary N) is 2. The molecule has 4 heteroatoms. The summed E-state index contributed by atoms with van der Waals surface area (Å²) in [5.74, 6) is 0.655. The molecule has 0 aliphatic carbocycles. The van der Waals surface area contributed by atoms with Crippen molar-refractivity contribution in [3.05, 3.63) is 35.9 Å². The molecule has 94 valence electrons. The van der Waals surface area contributed by atoms with Crippen LogP contribution in [0.4, 0.5) is 5.82 Å². The summed E-state index contributed by atoms with van der Waals surface area (Å²) >= 11 is 0. The predicted octanol–water partition coefficient (Wildman–Crippen LogP) is 2.42. The third-order valence-corrected chi connectivity index (χ3v) is 2.75. The molecule has 1 aromatic heterocycles. The second-order valence-electron chi connectivity index (χ2n) is 4.08. The fourth-order valence-electron chi connectivity index (χ4n) is 1.83. The van der Waals surface area contributed by atoms with Crippen LogP contribution in [-0.2, 0) is 0 Å². The summed E-state index contributed by atoms with van der Waals surface area (Å²) in [6.45, 7) is 2.72. The van der Waals surface area contributed by atoms with Gasteiger partial charge in [0.05, 0.1) is 11.1 Å². The SMILES string of the molecule is CCCNC(=O)c1cc(NC)nc2ccccc12. The standard InChI is InChI=1S/C14H17N3O/c1-3-8-16-14(18)11-9-13(15-2)17-12-7-5-4-6-10(11)12/h4-7,9H,3,8H2,1-2H3,(H,15,17)(H,16,18). The molecule has 0 spiro atoms. The molecule has 0 fully saturated rings. The first-order valence-corrected chi connectivity index (χ1v) is 6.12. The Morgan fingerprint density at radius 1 is 1.33 bits per heavy atom. The molecule has 0 bridgehead atoms. The van der Waals surface area contributed by atoms with E-state index in [2.05, 4.69) is 15.6 Å². The number of amides is 1. The van der Waals surface area contributed by atoms with Gasteiger partial charge in [0, 0.05) is 19.0 Å². The number of aromatic nitrogens is 1. The molecule has 0 saturated carbocycles. The first kappa shape index (κ1) is 12.4. The molecular weight excluding hydrogens is 226 g/mol. The number of rotatable bonds is 4. The molecular formula is C14H17N3O. The lowest BCUT2D eigenvalue weighted by molar-refractivity contribution is 0.0955. The maximum atomic E-state index is 12.1. The molecule has 0 saturated heterocycles. The highest BCUT2D eigenvalue weighted by molar-refractivity contribution is 6.06. The maximum Gasteiger partial charge on any atom is 0.252 e. The van der Waals surface area contributed by atoms with E-state index >= 15 is 0 Å². The molecule has 0 aliphatic rings. The molecule has 1 amide bonds. The van der Waals surface area contributed by atoms with E-state index in [4.69, 9.17) is 0 Å². The van der Waals surface area contributed by atoms with Gasteiger partial charge >= 0.3 is 0 Å². The average molecular weight is 243 g/mol. The smallest absolute Gasteiger partial charge is 0.252 e. The molecule has 2 rings (SSSR count). The Bertz CT molecular complexity index is 566. The van der Waals surface area contributed by atoms with Crippen LogP contribution in [0.25, 0.3) is 10.9 Å². The van der Waals surface area contributed by atoms with Crippen molar-refractivity contribution < 1.29 is 4.79 Å². The van der Waals surface area contributed by atoms with E-state index in [1.165, 1.54) is 0 Å². The predicted molar refractivity (Wildman–Crippen MR) is 73.9 cm³/mol. The zero-order chi connectivity index (χ0) is 13.0. The van der Waals surface area contributed by atoms with Crippen molar-refractivity contribution >= 4 is 22.6 Å². The van der Waals surface area contributed by atoms with E-state index in [0.29, 0.717) is 17.9 Å². The van der Waals surface area contributed by atoms with Gasteiger partial charge in [-0.15, -0.1) is 0 Å². The van der Waals surface area contributed by atoms with Crippen molar-refractivity contribution in [1.29, 1.82) is 0 Å². The second-order valence-corrected chi connectivity index (χ2v) is 4.08. The van der Waals surface area contributed by atoms with Crippen LogP contribution < -0.4 is 10.6 Å². The monoisotopic (exact) mass is 243 g/mol. The van der Waals surface area contributed by atoms with Gasteiger partial charge in [0.15, 0.2) is 0 Å². The van der Waals surface area contributed by atoms with Crippen molar-refractivity contribution in [1.82, 2.24) is 10.3 Å². The van der Waals surface area contributed by atoms with Crippen LogP contribution >= 0.6 is 0 Å². The van der Waals surface area contributed by atoms with Gasteiger partial charge in [0.2, 0.25) is 0 Å². The molecule has 0 atom stereocenters. The van der Waals surface area contributed by atoms with Gasteiger partial charge in [-0.2, -0.15) is 0 Å². The number of fused-ring (bicyclic) bond motifs is 1. The highest BCUT2D eigenvalue weighted by Gasteiger charge is 2.11. The summed E-state index contributed by atoms with van der Waals surface area (Å²) in [6, 6.07) is 9.45. The number of hydrogen-bond acceptors (Lipinski definition) is 3. The van der Waals surface area contributed by atoms with E-state index in [1.807, 2.05) is 31.2 Å². The Morgan fingerprint density at radius 3 is 2.83 bits per heavy atom. The van der Waals surface area contributed by atoms with Gasteiger partial charge in [-0.05, 0) is 18.6 Å². The van der Waals surface area contributed by atoms with Gasteiger partial charge in [0.1, 0.15) is 5.82 Å². The van der Waals surface area contributed by atoms with E-state index in [9.17, 15) is 4.79 Å². The van der Waals surface area contributed by atoms with Gasteiger partial charge in [-0.25, -0.2) is 4.98 Å². The van der Waals surface area contributed by atoms with Gasteiger partial charge in [0.25, 0.3) is 5.91 Å². The van der Waals surface area contributed by atoms with Crippen LogP contribution in [-0.4, -0.2) is 24.5 Å². The summed E-state index contributed by atoms with van der Waals surface area (Å²) in [7, 11) is 1.80. The lowest BCUT2D eigenvalue weighted by Crippen LogP contribution is -2.24. The summed E-state index contributed by atoms with van der Waals surface area (Å²) in [6.07, 6.45) is 0.924. The highest BCUT2D eigenvalue weighted by Crippen LogP contribution is 2.20. The topological polar surface area (TPSA) is 54.0 Å². The van der Waals surface area contributed by atoms with Crippen molar-refractivity contribution in [2.45, 2.75) is 13.3 Å². The lowest BCUT2D eigenvalue weighted by Gasteiger charge is -2.09. The van der Waals surface area contributed by atoms with Crippen LogP contribution in [0.15, 0.2) is 30.3 Å². The van der Waals surface area contributed by atoms with Crippen LogP contribution in [0.5, 0.6) is 0 Å². The van der Waals surface area contributed by atoms with Crippen LogP contribution in [0.3, 0.4) is 0 Å². The molecule has 0 radical (unpaired) electrons. The number of nitrogens with zero attached hydrogens (tertiary/aromatic N) is 1. The van der Waals surface area contributed by atoms with E-state index in [-0.39, 0.29) is 5.91 Å². The lowest BCUT2D eigenvalue weighted by atomic mass is 10.1. The third-order valence-electron chi connectivity index (χ3n) is 2.75. The quantitative estimate of drug-likeness (QED) is 0.867. The molecule has 0 unspecified atom stereocenters. The number of pyridine rings is 1. The van der Waals surface area contributed by atoms with Crippen LogP contribution in [0.1, 0.15) is 23.7 Å². The Hall–Kier alpha value is -2.10. The molecule has 1 heterocycles. The van der Waals surface area contributed by atoms with Crippen molar-refractivity contribution in [2.75, 3.05) is 18.9 Å². The summed E-state index contributed by atoms with van der Waals surface area (Å²) in [4.78, 5) is 16.5. The molecule has 18 heavy (non-hydrogen) atoms. The Morgan fingerprint density at radius 2 is 2.11 bits per heavy atom. The van der Waals surface area contributed by atoms with E-state index in [0.717, 1.165) is 17.3 Å². The van der Waals surface area contributed by atoms with Gasteiger partial charge in [-0.1, -0.05) is 25.1 Å². The Kier molecular flexibility index (Phi) is 3.77. The summed E-state index contributed by atoms with van der Waals surface area (Å²) < 4.78 is 0. The highest BCUT2D eigenvalue weighted by atomic mass is 16.1. The Balaban J connectivity index is 2.49. The average Bonchev–Trinajstić information content (AvgIpc) is 2.43. The number of carbonyl (C=O) groups is 1. The van der Waals surface area contributed by atoms with Crippen LogP contribution in [0, 0.1) is 0 Å². The number of para-hydroxylation sites is 1. The molecule has 4 nitrogen and oxygen atoms in total. The molecule has 1 aromatic carbocycles. The Labute approximate surface area is 106 Å².